The highest BCUT2D eigenvalue weighted by Crippen LogP contribution is 2.01. The molecular weight excluding hydrogens is 126 g/mol. The van der Waals surface area contributed by atoms with Gasteiger partial charge in [0.1, 0.15) is 5.78 Å². The number of ketones is 1. The van der Waals surface area contributed by atoms with Crippen LogP contribution < -0.4 is 0 Å². The number of hydrogen-bond acceptors (Lipinski definition) is 1. The van der Waals surface area contributed by atoms with Crippen molar-refractivity contribution in [1.82, 2.24) is 0 Å². The zero-order chi connectivity index (χ0) is 7.82. The molecule has 0 heterocycles. The predicted molar refractivity (Wildman–Crippen MR) is 43.3 cm³/mol. The van der Waals surface area contributed by atoms with Gasteiger partial charge in [0.05, 0.1) is 0 Å². The van der Waals surface area contributed by atoms with Crippen LogP contribution >= 0.6 is 0 Å². The molecule has 10 heavy (non-hydrogen) atoms. The van der Waals surface area contributed by atoms with Crippen LogP contribution in [0.1, 0.15) is 32.6 Å². The zero-order valence-corrected chi connectivity index (χ0v) is 6.89. The summed E-state index contributed by atoms with van der Waals surface area (Å²) in [5, 5.41) is 3.97. The maximum atomic E-state index is 10.5. The molecule has 0 atom stereocenters. The molecule has 0 amide bonds. The van der Waals surface area contributed by atoms with Crippen LogP contribution in [0.25, 0.3) is 5.32 Å². The van der Waals surface area contributed by atoms with Gasteiger partial charge in [-0.2, -0.15) is 7.05 Å². The summed E-state index contributed by atoms with van der Waals surface area (Å²) in [6, 6.07) is 0. The third kappa shape index (κ3) is 7.63. The van der Waals surface area contributed by atoms with E-state index in [1.165, 1.54) is 0 Å². The van der Waals surface area contributed by atoms with Gasteiger partial charge in [0.2, 0.25) is 0 Å². The first-order valence-corrected chi connectivity index (χ1v) is 3.82. The highest BCUT2D eigenvalue weighted by molar-refractivity contribution is 5.75. The molecule has 0 aromatic rings. The highest BCUT2D eigenvalue weighted by Gasteiger charge is 1.90. The van der Waals surface area contributed by atoms with Gasteiger partial charge >= 0.3 is 0 Å². The maximum Gasteiger partial charge on any atom is 0.129 e. The van der Waals surface area contributed by atoms with Crippen LogP contribution in [0.15, 0.2) is 0 Å². The summed E-state index contributed by atoms with van der Waals surface area (Å²) < 4.78 is 0. The van der Waals surface area contributed by atoms with Crippen molar-refractivity contribution in [2.24, 2.45) is 0 Å². The number of unbranched alkanes of at least 4 members (excludes halogenated alkanes) is 2. The monoisotopic (exact) mass is 142 g/mol. The van der Waals surface area contributed by atoms with Crippen molar-refractivity contribution in [3.63, 3.8) is 0 Å². The summed E-state index contributed by atoms with van der Waals surface area (Å²) >= 11 is 0. The van der Waals surface area contributed by atoms with E-state index < -0.39 is 0 Å². The Bertz CT molecular complexity index is 91.3. The lowest BCUT2D eigenvalue weighted by Gasteiger charge is -2.08. The molecule has 0 N–H and O–H groups in total. The Labute approximate surface area is 63.0 Å². The van der Waals surface area contributed by atoms with E-state index in [4.69, 9.17) is 0 Å². The molecular formula is C8H16NO-. The van der Waals surface area contributed by atoms with Crippen LogP contribution in [-0.4, -0.2) is 19.4 Å². The second kappa shape index (κ2) is 6.75. The van der Waals surface area contributed by atoms with Crippen LogP contribution in [0.4, 0.5) is 0 Å². The van der Waals surface area contributed by atoms with Crippen LogP contribution in [0.5, 0.6) is 0 Å². The number of carbonyl (C=O) groups is 1. The molecule has 0 spiro atoms. The summed E-state index contributed by atoms with van der Waals surface area (Å²) in [7, 11) is 1.82. The second-order valence-electron chi connectivity index (χ2n) is 2.55. The van der Waals surface area contributed by atoms with E-state index in [0.717, 1.165) is 32.2 Å². The van der Waals surface area contributed by atoms with Gasteiger partial charge in [0.15, 0.2) is 0 Å². The third-order valence-corrected chi connectivity index (χ3v) is 1.41. The van der Waals surface area contributed by atoms with E-state index >= 15 is 0 Å². The molecule has 0 radical (unpaired) electrons. The van der Waals surface area contributed by atoms with Crippen molar-refractivity contribution in [2.75, 3.05) is 13.6 Å². The quantitative estimate of drug-likeness (QED) is 0.523. The van der Waals surface area contributed by atoms with Gasteiger partial charge in [0, 0.05) is 6.42 Å². The van der Waals surface area contributed by atoms with Crippen molar-refractivity contribution in [1.29, 1.82) is 0 Å². The molecule has 2 heteroatoms. The Morgan fingerprint density at radius 1 is 1.30 bits per heavy atom. The van der Waals surface area contributed by atoms with Crippen molar-refractivity contribution in [3.8, 4) is 0 Å². The first kappa shape index (κ1) is 9.63. The predicted octanol–water partition coefficient (Wildman–Crippen LogP) is 2.14. The molecule has 0 saturated carbocycles. The minimum absolute atomic E-state index is 0.299. The molecule has 0 rings (SSSR count). The standard InChI is InChI=1S/C8H16NO/c1-8(10)6-4-3-5-7-9-2/h3-7H2,1-2H3/q-1. The van der Waals surface area contributed by atoms with Crippen LogP contribution in [0.2, 0.25) is 0 Å². The van der Waals surface area contributed by atoms with Crippen molar-refractivity contribution in [3.05, 3.63) is 5.32 Å². The largest absolute Gasteiger partial charge is 0.665 e. The molecule has 0 saturated heterocycles. The van der Waals surface area contributed by atoms with Gasteiger partial charge in [-0.05, 0) is 13.3 Å². The molecule has 0 aromatic carbocycles. The lowest BCUT2D eigenvalue weighted by molar-refractivity contribution is -0.117. The van der Waals surface area contributed by atoms with Gasteiger partial charge in [-0.15, -0.1) is 6.54 Å². The van der Waals surface area contributed by atoms with Crippen molar-refractivity contribution in [2.45, 2.75) is 32.6 Å². The van der Waals surface area contributed by atoms with E-state index in [0.29, 0.717) is 5.78 Å². The lowest BCUT2D eigenvalue weighted by Crippen LogP contribution is -1.90. The Kier molecular flexibility index (Phi) is 6.50. The van der Waals surface area contributed by atoms with Gasteiger partial charge < -0.3 is 10.1 Å². The fraction of sp³-hybridized carbons (Fsp3) is 0.875. The molecule has 0 bridgehead atoms. The molecule has 0 aliphatic heterocycles. The van der Waals surface area contributed by atoms with Gasteiger partial charge in [0.25, 0.3) is 0 Å². The van der Waals surface area contributed by atoms with Crippen LogP contribution in [-0.2, 0) is 4.79 Å². The summed E-state index contributed by atoms with van der Waals surface area (Å²) in [4.78, 5) is 10.5. The summed E-state index contributed by atoms with van der Waals surface area (Å²) in [6.07, 6.45) is 4.04. The number of hydrogen-bond donors (Lipinski definition) is 0. The first-order chi connectivity index (χ1) is 4.77. The van der Waals surface area contributed by atoms with Crippen molar-refractivity contribution >= 4 is 5.78 Å². The summed E-state index contributed by atoms with van der Waals surface area (Å²) in [5.41, 5.74) is 0. The Morgan fingerprint density at radius 3 is 2.50 bits per heavy atom. The minimum Gasteiger partial charge on any atom is -0.665 e. The van der Waals surface area contributed by atoms with Crippen molar-refractivity contribution < 1.29 is 4.79 Å². The Morgan fingerprint density at radius 2 is 2.00 bits per heavy atom. The Hall–Kier alpha value is -0.370. The van der Waals surface area contributed by atoms with E-state index in [1.807, 2.05) is 7.05 Å². The molecule has 60 valence electrons. The maximum absolute atomic E-state index is 10.5. The number of rotatable bonds is 6. The molecule has 0 aliphatic rings. The lowest BCUT2D eigenvalue weighted by atomic mass is 10.1. The zero-order valence-electron chi connectivity index (χ0n) is 6.89. The van der Waals surface area contributed by atoms with Gasteiger partial charge in [-0.1, -0.05) is 12.8 Å². The topological polar surface area (TPSA) is 31.2 Å². The summed E-state index contributed by atoms with van der Waals surface area (Å²) in [6.45, 7) is 2.59. The number of Topliss-reactive ketones (excluding diaryl/α,β-unsaturated/α-hetero) is 1. The molecule has 0 aliphatic carbocycles. The SMILES string of the molecule is C[N-]CCCCCC(C)=O. The smallest absolute Gasteiger partial charge is 0.129 e. The van der Waals surface area contributed by atoms with E-state index in [2.05, 4.69) is 5.32 Å². The van der Waals surface area contributed by atoms with Gasteiger partial charge in [-0.25, -0.2) is 0 Å². The average molecular weight is 142 g/mol. The third-order valence-electron chi connectivity index (χ3n) is 1.41. The van der Waals surface area contributed by atoms with Gasteiger partial charge in [-0.3, -0.25) is 0 Å². The van der Waals surface area contributed by atoms with Crippen LogP contribution in [0, 0.1) is 0 Å². The minimum atomic E-state index is 0.299. The van der Waals surface area contributed by atoms with Crippen LogP contribution in [0.3, 0.4) is 0 Å². The average Bonchev–Trinajstić information content (AvgIpc) is 1.87. The highest BCUT2D eigenvalue weighted by atomic mass is 16.1. The second-order valence-corrected chi connectivity index (χ2v) is 2.55. The van der Waals surface area contributed by atoms with E-state index in [-0.39, 0.29) is 0 Å². The fourth-order valence-corrected chi connectivity index (χ4v) is 0.821. The number of carbonyl (C=O) groups excluding carboxylic acids is 1. The first-order valence-electron chi connectivity index (χ1n) is 3.82. The van der Waals surface area contributed by atoms with E-state index in [1.54, 1.807) is 6.92 Å². The molecule has 0 aromatic heterocycles. The Balaban J connectivity index is 2.84. The van der Waals surface area contributed by atoms with E-state index in [9.17, 15) is 4.79 Å². The normalized spacial score (nSPS) is 9.80. The number of nitrogens with zero attached hydrogens (tertiary/aromatic N) is 1. The summed E-state index contributed by atoms with van der Waals surface area (Å²) in [5.74, 6) is 0.299. The fourth-order valence-electron chi connectivity index (χ4n) is 0.821. The molecule has 0 unspecified atom stereocenters. The molecule has 2 nitrogen and oxygen atoms in total. The molecule has 0 fully saturated rings.